The van der Waals surface area contributed by atoms with Crippen LogP contribution >= 0.6 is 0 Å². The Morgan fingerprint density at radius 3 is 2.80 bits per heavy atom. The lowest BCUT2D eigenvalue weighted by atomic mass is 9.97. The maximum absolute atomic E-state index is 8.88. The largest absolute Gasteiger partial charge is 0.314 e. The average Bonchev–Trinajstić information content (AvgIpc) is 2.25. The molecule has 3 nitrogen and oxygen atoms in total. The number of likely N-dealkylation sites (tertiary alicyclic amines) is 1. The van der Waals surface area contributed by atoms with Gasteiger partial charge in [-0.2, -0.15) is 5.26 Å². The van der Waals surface area contributed by atoms with Gasteiger partial charge in [-0.05, 0) is 38.8 Å². The van der Waals surface area contributed by atoms with Crippen LogP contribution < -0.4 is 5.32 Å². The lowest BCUT2D eigenvalue weighted by molar-refractivity contribution is 0.152. The van der Waals surface area contributed by atoms with Gasteiger partial charge in [0.1, 0.15) is 0 Å². The first-order valence-corrected chi connectivity index (χ1v) is 6.00. The van der Waals surface area contributed by atoms with Gasteiger partial charge in [0.15, 0.2) is 0 Å². The van der Waals surface area contributed by atoms with Crippen LogP contribution in [0.2, 0.25) is 0 Å². The summed E-state index contributed by atoms with van der Waals surface area (Å²) < 4.78 is 0. The number of piperidine rings is 1. The molecule has 1 aliphatic heterocycles. The topological polar surface area (TPSA) is 39.1 Å². The molecule has 0 saturated carbocycles. The number of hydrogen-bond donors (Lipinski definition) is 1. The minimum atomic E-state index is 0.0758. The van der Waals surface area contributed by atoms with E-state index in [0.29, 0.717) is 6.04 Å². The molecule has 3 heteroatoms. The predicted octanol–water partition coefficient (Wildman–Crippen LogP) is 1.61. The smallest absolute Gasteiger partial charge is 0.0949 e. The van der Waals surface area contributed by atoms with Crippen LogP contribution in [0, 0.1) is 17.2 Å². The van der Waals surface area contributed by atoms with Crippen LogP contribution in [0.5, 0.6) is 0 Å². The van der Waals surface area contributed by atoms with Crippen molar-refractivity contribution in [3.05, 3.63) is 0 Å². The van der Waals surface area contributed by atoms with Crippen LogP contribution in [0.3, 0.4) is 0 Å². The van der Waals surface area contributed by atoms with E-state index in [1.807, 2.05) is 6.92 Å². The molecule has 0 radical (unpaired) electrons. The molecule has 0 amide bonds. The Morgan fingerprint density at radius 2 is 2.20 bits per heavy atom. The van der Waals surface area contributed by atoms with Crippen LogP contribution in [0.15, 0.2) is 0 Å². The fraction of sp³-hybridized carbons (Fsp3) is 0.917. The summed E-state index contributed by atoms with van der Waals surface area (Å²) in [7, 11) is 0. The normalized spacial score (nSPS) is 25.1. The molecular weight excluding hydrogens is 186 g/mol. The van der Waals surface area contributed by atoms with E-state index in [1.165, 1.54) is 12.8 Å². The van der Waals surface area contributed by atoms with E-state index in [2.05, 4.69) is 30.1 Å². The SMILES string of the molecule is CC(C)NCC1CCCN(C(C)C#N)C1. The third kappa shape index (κ3) is 4.19. The Hall–Kier alpha value is -0.590. The number of nitrogens with one attached hydrogen (secondary N) is 1. The molecule has 0 bridgehead atoms. The summed E-state index contributed by atoms with van der Waals surface area (Å²) in [6, 6.07) is 2.97. The molecule has 1 fully saturated rings. The number of nitriles is 1. The number of rotatable bonds is 4. The van der Waals surface area contributed by atoms with E-state index >= 15 is 0 Å². The van der Waals surface area contributed by atoms with E-state index < -0.39 is 0 Å². The van der Waals surface area contributed by atoms with E-state index in [-0.39, 0.29) is 6.04 Å². The molecule has 0 aromatic heterocycles. The average molecular weight is 209 g/mol. The summed E-state index contributed by atoms with van der Waals surface area (Å²) in [6.07, 6.45) is 2.53. The molecule has 0 aromatic carbocycles. The van der Waals surface area contributed by atoms with Gasteiger partial charge in [0.05, 0.1) is 12.1 Å². The molecule has 15 heavy (non-hydrogen) atoms. The van der Waals surface area contributed by atoms with Crippen molar-refractivity contribution in [1.29, 1.82) is 5.26 Å². The Kier molecular flexibility index (Phi) is 5.07. The molecule has 1 rings (SSSR count). The van der Waals surface area contributed by atoms with Crippen molar-refractivity contribution in [3.8, 4) is 6.07 Å². The van der Waals surface area contributed by atoms with Crippen LogP contribution in [0.4, 0.5) is 0 Å². The third-order valence-electron chi connectivity index (χ3n) is 3.10. The molecule has 2 atom stereocenters. The van der Waals surface area contributed by atoms with E-state index in [0.717, 1.165) is 25.6 Å². The fourth-order valence-electron chi connectivity index (χ4n) is 2.10. The Morgan fingerprint density at radius 1 is 1.47 bits per heavy atom. The van der Waals surface area contributed by atoms with Gasteiger partial charge in [0.2, 0.25) is 0 Å². The van der Waals surface area contributed by atoms with Crippen LogP contribution in [0.1, 0.15) is 33.6 Å². The van der Waals surface area contributed by atoms with Crippen LogP contribution in [0.25, 0.3) is 0 Å². The van der Waals surface area contributed by atoms with Crippen molar-refractivity contribution in [1.82, 2.24) is 10.2 Å². The molecule has 86 valence electrons. The second-order valence-corrected chi connectivity index (χ2v) is 4.87. The highest BCUT2D eigenvalue weighted by Crippen LogP contribution is 2.17. The van der Waals surface area contributed by atoms with Gasteiger partial charge in [-0.25, -0.2) is 0 Å². The van der Waals surface area contributed by atoms with Gasteiger partial charge < -0.3 is 5.32 Å². The lowest BCUT2D eigenvalue weighted by Gasteiger charge is -2.34. The Balaban J connectivity index is 2.33. The highest BCUT2D eigenvalue weighted by atomic mass is 15.2. The zero-order valence-corrected chi connectivity index (χ0v) is 10.2. The zero-order chi connectivity index (χ0) is 11.3. The first-order chi connectivity index (χ1) is 7.13. The van der Waals surface area contributed by atoms with Crippen molar-refractivity contribution in [2.45, 2.75) is 45.7 Å². The van der Waals surface area contributed by atoms with Gasteiger partial charge >= 0.3 is 0 Å². The van der Waals surface area contributed by atoms with Crippen molar-refractivity contribution in [2.75, 3.05) is 19.6 Å². The molecule has 1 heterocycles. The number of hydrogen-bond acceptors (Lipinski definition) is 3. The van der Waals surface area contributed by atoms with E-state index in [9.17, 15) is 0 Å². The molecule has 1 N–H and O–H groups in total. The van der Waals surface area contributed by atoms with Crippen molar-refractivity contribution < 1.29 is 0 Å². The maximum atomic E-state index is 8.88. The van der Waals surface area contributed by atoms with Crippen molar-refractivity contribution in [3.63, 3.8) is 0 Å². The monoisotopic (exact) mass is 209 g/mol. The van der Waals surface area contributed by atoms with Gasteiger partial charge in [-0.3, -0.25) is 4.90 Å². The molecule has 0 aromatic rings. The highest BCUT2D eigenvalue weighted by molar-refractivity contribution is 4.90. The molecular formula is C12H23N3. The Labute approximate surface area is 93.5 Å². The minimum absolute atomic E-state index is 0.0758. The second-order valence-electron chi connectivity index (χ2n) is 4.87. The number of nitrogens with zero attached hydrogens (tertiary/aromatic N) is 2. The summed E-state index contributed by atoms with van der Waals surface area (Å²) in [5, 5.41) is 12.4. The first-order valence-electron chi connectivity index (χ1n) is 6.00. The summed E-state index contributed by atoms with van der Waals surface area (Å²) >= 11 is 0. The lowest BCUT2D eigenvalue weighted by Crippen LogP contribution is -2.44. The first kappa shape index (κ1) is 12.5. The van der Waals surface area contributed by atoms with Crippen LogP contribution in [-0.2, 0) is 0 Å². The molecule has 1 aliphatic rings. The second kappa shape index (κ2) is 6.09. The molecule has 0 spiro atoms. The summed E-state index contributed by atoms with van der Waals surface area (Å²) in [5.74, 6) is 0.719. The zero-order valence-electron chi connectivity index (χ0n) is 10.2. The summed E-state index contributed by atoms with van der Waals surface area (Å²) in [5.41, 5.74) is 0. The van der Waals surface area contributed by atoms with Gasteiger partial charge in [-0.1, -0.05) is 13.8 Å². The van der Waals surface area contributed by atoms with Gasteiger partial charge in [-0.15, -0.1) is 0 Å². The third-order valence-corrected chi connectivity index (χ3v) is 3.10. The maximum Gasteiger partial charge on any atom is 0.0949 e. The molecule has 1 saturated heterocycles. The van der Waals surface area contributed by atoms with Crippen molar-refractivity contribution in [2.24, 2.45) is 5.92 Å². The van der Waals surface area contributed by atoms with E-state index in [1.54, 1.807) is 0 Å². The van der Waals surface area contributed by atoms with Crippen molar-refractivity contribution >= 4 is 0 Å². The van der Waals surface area contributed by atoms with Gasteiger partial charge in [0, 0.05) is 12.6 Å². The van der Waals surface area contributed by atoms with Crippen LogP contribution in [-0.4, -0.2) is 36.6 Å². The fourth-order valence-corrected chi connectivity index (χ4v) is 2.10. The molecule has 2 unspecified atom stereocenters. The predicted molar refractivity (Wildman–Crippen MR) is 62.5 cm³/mol. The highest BCUT2D eigenvalue weighted by Gasteiger charge is 2.22. The van der Waals surface area contributed by atoms with E-state index in [4.69, 9.17) is 5.26 Å². The Bertz CT molecular complexity index is 219. The minimum Gasteiger partial charge on any atom is -0.314 e. The standard InChI is InChI=1S/C12H23N3/c1-10(2)14-8-12-5-4-6-15(9-12)11(3)7-13/h10-12,14H,4-6,8-9H2,1-3H3. The molecule has 0 aliphatic carbocycles. The summed E-state index contributed by atoms with van der Waals surface area (Å²) in [6.45, 7) is 9.61. The quantitative estimate of drug-likeness (QED) is 0.764. The van der Waals surface area contributed by atoms with Gasteiger partial charge in [0.25, 0.3) is 0 Å². The summed E-state index contributed by atoms with van der Waals surface area (Å²) in [4.78, 5) is 2.30.